The highest BCUT2D eigenvalue weighted by Crippen LogP contribution is 2.13. The lowest BCUT2D eigenvalue weighted by Gasteiger charge is -2.16. The number of benzene rings is 1. The van der Waals surface area contributed by atoms with E-state index in [1.807, 2.05) is 11.9 Å². The smallest absolute Gasteiger partial charge is 0.335 e. The van der Waals surface area contributed by atoms with E-state index < -0.39 is 15.8 Å². The number of nitrogens with zero attached hydrogens (tertiary/aromatic N) is 1. The van der Waals surface area contributed by atoms with Crippen LogP contribution in [0.25, 0.3) is 0 Å². The monoisotopic (exact) mass is 313 g/mol. The van der Waals surface area contributed by atoms with Crippen molar-refractivity contribution in [2.75, 3.05) is 25.9 Å². The van der Waals surface area contributed by atoms with Gasteiger partial charge in [-0.2, -0.15) is 0 Å². The van der Waals surface area contributed by atoms with Gasteiger partial charge in [0.15, 0.2) is 9.84 Å². The first-order valence-electron chi connectivity index (χ1n) is 7.11. The molecule has 0 aromatic heterocycles. The van der Waals surface area contributed by atoms with Crippen LogP contribution in [0.5, 0.6) is 0 Å². The Bertz CT molecular complexity index is 552. The van der Waals surface area contributed by atoms with Crippen LogP contribution in [0.2, 0.25) is 0 Å². The predicted octanol–water partition coefficient (Wildman–Crippen LogP) is 2.28. The summed E-state index contributed by atoms with van der Waals surface area (Å²) in [6, 6.07) is 5.35. The van der Waals surface area contributed by atoms with Crippen molar-refractivity contribution in [1.29, 1.82) is 0 Å². The maximum absolute atomic E-state index is 12.2. The molecule has 0 heterocycles. The Hall–Kier alpha value is -1.40. The van der Waals surface area contributed by atoms with Gasteiger partial charge in [-0.25, -0.2) is 13.2 Å². The van der Waals surface area contributed by atoms with Gasteiger partial charge in [0, 0.05) is 6.54 Å². The first kappa shape index (κ1) is 17.7. The highest BCUT2D eigenvalue weighted by molar-refractivity contribution is 7.91. The summed E-state index contributed by atoms with van der Waals surface area (Å²) in [5, 5.41) is 8.80. The van der Waals surface area contributed by atoms with Crippen LogP contribution >= 0.6 is 0 Å². The van der Waals surface area contributed by atoms with Gasteiger partial charge in [0.05, 0.1) is 16.2 Å². The molecule has 0 spiro atoms. The van der Waals surface area contributed by atoms with Crippen molar-refractivity contribution in [1.82, 2.24) is 4.90 Å². The molecule has 21 heavy (non-hydrogen) atoms. The molecule has 0 atom stereocenters. The molecule has 1 aromatic carbocycles. The van der Waals surface area contributed by atoms with E-state index in [0.29, 0.717) is 6.54 Å². The van der Waals surface area contributed by atoms with Crippen molar-refractivity contribution in [3.05, 3.63) is 29.8 Å². The van der Waals surface area contributed by atoms with E-state index in [0.717, 1.165) is 25.8 Å². The van der Waals surface area contributed by atoms with Gasteiger partial charge in [0.1, 0.15) is 0 Å². The SMILES string of the molecule is CCCCCN(C)CCS(=O)(=O)c1ccc(C(=O)O)cc1. The van der Waals surface area contributed by atoms with Gasteiger partial charge < -0.3 is 10.0 Å². The molecule has 0 saturated heterocycles. The summed E-state index contributed by atoms with van der Waals surface area (Å²) < 4.78 is 24.3. The van der Waals surface area contributed by atoms with E-state index in [4.69, 9.17) is 5.11 Å². The molecule has 0 aliphatic rings. The average molecular weight is 313 g/mol. The van der Waals surface area contributed by atoms with Gasteiger partial charge >= 0.3 is 5.97 Å². The third-order valence-electron chi connectivity index (χ3n) is 3.35. The number of hydrogen-bond acceptors (Lipinski definition) is 4. The van der Waals surface area contributed by atoms with Gasteiger partial charge in [0.2, 0.25) is 0 Å². The summed E-state index contributed by atoms with van der Waals surface area (Å²) in [7, 11) is -1.45. The van der Waals surface area contributed by atoms with Crippen LogP contribution in [0, 0.1) is 0 Å². The molecule has 0 aliphatic heterocycles. The first-order chi connectivity index (χ1) is 9.86. The second-order valence-corrected chi connectivity index (χ2v) is 7.27. The molecule has 1 N–H and O–H groups in total. The largest absolute Gasteiger partial charge is 0.478 e. The summed E-state index contributed by atoms with van der Waals surface area (Å²) in [6.07, 6.45) is 3.36. The summed E-state index contributed by atoms with van der Waals surface area (Å²) in [5.41, 5.74) is 0.0885. The maximum atomic E-state index is 12.2. The molecular weight excluding hydrogens is 290 g/mol. The van der Waals surface area contributed by atoms with Crippen LogP contribution in [0.15, 0.2) is 29.2 Å². The molecule has 5 nitrogen and oxygen atoms in total. The van der Waals surface area contributed by atoms with Gasteiger partial charge in [-0.05, 0) is 44.3 Å². The van der Waals surface area contributed by atoms with Crippen molar-refractivity contribution in [2.45, 2.75) is 31.1 Å². The lowest BCUT2D eigenvalue weighted by Crippen LogP contribution is -2.26. The van der Waals surface area contributed by atoms with Crippen molar-refractivity contribution < 1.29 is 18.3 Å². The van der Waals surface area contributed by atoms with Crippen LogP contribution in [-0.4, -0.2) is 50.3 Å². The van der Waals surface area contributed by atoms with E-state index in [2.05, 4.69) is 6.92 Å². The third-order valence-corrected chi connectivity index (χ3v) is 5.06. The molecule has 1 rings (SSSR count). The number of carboxylic acids is 1. The Labute approximate surface area is 126 Å². The molecule has 118 valence electrons. The van der Waals surface area contributed by atoms with Gasteiger partial charge in [-0.3, -0.25) is 0 Å². The molecule has 0 aliphatic carbocycles. The van der Waals surface area contributed by atoms with Crippen molar-refractivity contribution in [3.63, 3.8) is 0 Å². The van der Waals surface area contributed by atoms with E-state index in [1.54, 1.807) is 0 Å². The van der Waals surface area contributed by atoms with Gasteiger partial charge in [0.25, 0.3) is 0 Å². The fraction of sp³-hybridized carbons (Fsp3) is 0.533. The average Bonchev–Trinajstić information content (AvgIpc) is 2.45. The Morgan fingerprint density at radius 2 is 1.76 bits per heavy atom. The number of unbranched alkanes of at least 4 members (excludes halogenated alkanes) is 2. The number of rotatable bonds is 9. The molecule has 0 amide bonds. The van der Waals surface area contributed by atoms with Crippen LogP contribution in [0.1, 0.15) is 36.5 Å². The Morgan fingerprint density at radius 3 is 2.29 bits per heavy atom. The molecular formula is C15H23NO4S. The zero-order chi connectivity index (χ0) is 15.9. The highest BCUT2D eigenvalue weighted by atomic mass is 32.2. The molecule has 0 unspecified atom stereocenters. The number of carbonyl (C=O) groups is 1. The Kier molecular flexibility index (Phi) is 6.84. The summed E-state index contributed by atoms with van der Waals surface area (Å²) in [6.45, 7) is 3.50. The lowest BCUT2D eigenvalue weighted by molar-refractivity contribution is 0.0696. The highest BCUT2D eigenvalue weighted by Gasteiger charge is 2.16. The normalized spacial score (nSPS) is 11.8. The number of carboxylic acid groups (broad SMARTS) is 1. The van der Waals surface area contributed by atoms with Crippen molar-refractivity contribution in [3.8, 4) is 0 Å². The lowest BCUT2D eigenvalue weighted by atomic mass is 10.2. The van der Waals surface area contributed by atoms with Gasteiger partial charge in [-0.15, -0.1) is 0 Å². The minimum absolute atomic E-state index is 0.0437. The van der Waals surface area contributed by atoms with E-state index in [-0.39, 0.29) is 16.2 Å². The maximum Gasteiger partial charge on any atom is 0.335 e. The number of sulfone groups is 1. The van der Waals surface area contributed by atoms with Crippen LogP contribution in [0.3, 0.4) is 0 Å². The zero-order valence-electron chi connectivity index (χ0n) is 12.6. The number of hydrogen-bond donors (Lipinski definition) is 1. The molecule has 6 heteroatoms. The second-order valence-electron chi connectivity index (χ2n) is 5.16. The second kappa shape index (κ2) is 8.14. The van der Waals surface area contributed by atoms with E-state index >= 15 is 0 Å². The first-order valence-corrected chi connectivity index (χ1v) is 8.76. The molecule has 1 aromatic rings. The van der Waals surface area contributed by atoms with E-state index in [9.17, 15) is 13.2 Å². The van der Waals surface area contributed by atoms with Crippen molar-refractivity contribution >= 4 is 15.8 Å². The topological polar surface area (TPSA) is 74.7 Å². The molecule has 0 radical (unpaired) electrons. The molecule has 0 bridgehead atoms. The van der Waals surface area contributed by atoms with Crippen molar-refractivity contribution in [2.24, 2.45) is 0 Å². The minimum atomic E-state index is -3.36. The Morgan fingerprint density at radius 1 is 1.14 bits per heavy atom. The Balaban J connectivity index is 2.58. The number of aromatic carboxylic acids is 1. The van der Waals surface area contributed by atoms with Crippen LogP contribution in [-0.2, 0) is 9.84 Å². The predicted molar refractivity (Wildman–Crippen MR) is 82.5 cm³/mol. The van der Waals surface area contributed by atoms with Gasteiger partial charge in [-0.1, -0.05) is 19.8 Å². The van der Waals surface area contributed by atoms with Crippen LogP contribution in [0.4, 0.5) is 0 Å². The fourth-order valence-corrected chi connectivity index (χ4v) is 3.28. The summed E-state index contributed by atoms with van der Waals surface area (Å²) in [5.74, 6) is -1.02. The summed E-state index contributed by atoms with van der Waals surface area (Å²) in [4.78, 5) is 12.9. The minimum Gasteiger partial charge on any atom is -0.478 e. The summed E-state index contributed by atoms with van der Waals surface area (Å²) >= 11 is 0. The molecule has 0 saturated carbocycles. The van der Waals surface area contributed by atoms with Crippen LogP contribution < -0.4 is 0 Å². The standard InChI is InChI=1S/C15H23NO4S/c1-3-4-5-10-16(2)11-12-21(19,20)14-8-6-13(7-9-14)15(17)18/h6-9H,3-5,10-12H2,1-2H3,(H,17,18). The molecule has 0 fully saturated rings. The fourth-order valence-electron chi connectivity index (χ4n) is 1.94. The zero-order valence-corrected chi connectivity index (χ0v) is 13.4. The quantitative estimate of drug-likeness (QED) is 0.708. The van der Waals surface area contributed by atoms with E-state index in [1.165, 1.54) is 24.3 Å². The third kappa shape index (κ3) is 5.85.